The first-order valence-electron chi connectivity index (χ1n) is 7.03. The summed E-state index contributed by atoms with van der Waals surface area (Å²) in [5, 5.41) is 8.59. The lowest BCUT2D eigenvalue weighted by Crippen LogP contribution is -2.20. The molecule has 20 heavy (non-hydrogen) atoms. The van der Waals surface area contributed by atoms with Crippen LogP contribution in [-0.2, 0) is 20.0 Å². The third-order valence-corrected chi connectivity index (χ3v) is 4.22. The van der Waals surface area contributed by atoms with Crippen LogP contribution in [0.2, 0.25) is 5.02 Å². The number of hydrogen-bond acceptors (Lipinski definition) is 2. The van der Waals surface area contributed by atoms with Crippen molar-refractivity contribution >= 4 is 11.6 Å². The largest absolute Gasteiger partial charge is 0.305 e. The van der Waals surface area contributed by atoms with Crippen LogP contribution >= 0.6 is 11.6 Å². The van der Waals surface area contributed by atoms with Crippen LogP contribution in [0.4, 0.5) is 0 Å². The summed E-state index contributed by atoms with van der Waals surface area (Å²) in [6.45, 7) is 6.98. The molecule has 0 radical (unpaired) electrons. The molecule has 1 unspecified atom stereocenters. The van der Waals surface area contributed by atoms with E-state index in [9.17, 15) is 0 Å². The van der Waals surface area contributed by atoms with Gasteiger partial charge in [-0.1, -0.05) is 42.8 Å². The minimum absolute atomic E-state index is 0.284. The van der Waals surface area contributed by atoms with Crippen molar-refractivity contribution < 1.29 is 0 Å². The van der Waals surface area contributed by atoms with Crippen molar-refractivity contribution in [3.8, 4) is 0 Å². The molecule has 0 fully saturated rings. The second-order valence-corrected chi connectivity index (χ2v) is 5.55. The fourth-order valence-corrected chi connectivity index (χ4v) is 2.51. The summed E-state index contributed by atoms with van der Waals surface area (Å²) in [7, 11) is 1.93. The second kappa shape index (κ2) is 6.42. The third-order valence-electron chi connectivity index (χ3n) is 3.73. The molecule has 0 aliphatic carbocycles. The van der Waals surface area contributed by atoms with Gasteiger partial charge >= 0.3 is 0 Å². The first kappa shape index (κ1) is 15.1. The zero-order valence-electron chi connectivity index (χ0n) is 12.6. The van der Waals surface area contributed by atoms with E-state index in [1.807, 2.05) is 18.7 Å². The van der Waals surface area contributed by atoms with E-state index in [1.54, 1.807) is 0 Å². The van der Waals surface area contributed by atoms with Crippen LogP contribution in [0.25, 0.3) is 0 Å². The molecule has 1 heterocycles. The van der Waals surface area contributed by atoms with Crippen molar-refractivity contribution in [3.05, 3.63) is 51.8 Å². The number of nitrogens with one attached hydrogen (secondary N) is 1. The van der Waals surface area contributed by atoms with Gasteiger partial charge in [-0.05, 0) is 31.4 Å². The molecule has 2 rings (SSSR count). The Balaban J connectivity index is 2.02. The number of hydrogen-bond donors (Lipinski definition) is 1. The maximum atomic E-state index is 6.26. The topological polar surface area (TPSA) is 29.9 Å². The Labute approximate surface area is 126 Å². The van der Waals surface area contributed by atoms with E-state index in [-0.39, 0.29) is 6.04 Å². The normalized spacial score (nSPS) is 12.7. The van der Waals surface area contributed by atoms with Gasteiger partial charge in [0, 0.05) is 19.6 Å². The molecule has 2 aromatic rings. The number of aromatic nitrogens is 2. The summed E-state index contributed by atoms with van der Waals surface area (Å²) >= 11 is 6.26. The smallest absolute Gasteiger partial charge is 0.0860 e. The maximum absolute atomic E-state index is 6.26. The van der Waals surface area contributed by atoms with E-state index >= 15 is 0 Å². The van der Waals surface area contributed by atoms with Gasteiger partial charge in [0.25, 0.3) is 0 Å². The molecule has 1 aromatic carbocycles. The molecule has 0 bridgehead atoms. The maximum Gasteiger partial charge on any atom is 0.0860 e. The Morgan fingerprint density at radius 1 is 1.30 bits per heavy atom. The van der Waals surface area contributed by atoms with Gasteiger partial charge in [0.15, 0.2) is 0 Å². The molecule has 1 atom stereocenters. The number of halogens is 1. The Kier molecular flexibility index (Phi) is 4.84. The minimum Gasteiger partial charge on any atom is -0.305 e. The van der Waals surface area contributed by atoms with E-state index in [0.717, 1.165) is 22.8 Å². The quantitative estimate of drug-likeness (QED) is 0.908. The van der Waals surface area contributed by atoms with Gasteiger partial charge in [0.05, 0.1) is 16.4 Å². The number of rotatable bonds is 5. The van der Waals surface area contributed by atoms with E-state index in [0.29, 0.717) is 6.54 Å². The molecule has 0 spiro atoms. The van der Waals surface area contributed by atoms with E-state index in [2.05, 4.69) is 48.5 Å². The summed E-state index contributed by atoms with van der Waals surface area (Å²) in [6, 6.07) is 9.04. The summed E-state index contributed by atoms with van der Waals surface area (Å²) in [5.41, 5.74) is 4.57. The highest BCUT2D eigenvalue weighted by Crippen LogP contribution is 2.20. The molecular formula is C16H22ClN3. The van der Waals surface area contributed by atoms with Crippen molar-refractivity contribution in [1.82, 2.24) is 15.1 Å². The highest BCUT2D eigenvalue weighted by atomic mass is 35.5. The van der Waals surface area contributed by atoms with E-state index in [4.69, 9.17) is 11.6 Å². The highest BCUT2D eigenvalue weighted by Gasteiger charge is 2.12. The number of aryl methyl sites for hydroxylation is 3. The number of benzene rings is 1. The van der Waals surface area contributed by atoms with Crippen molar-refractivity contribution in [2.45, 2.75) is 39.8 Å². The molecule has 0 aliphatic rings. The standard InChI is InChI=1S/C16H22ClN3/c1-5-13-6-8-14(9-7-13)11(2)18-10-15-16(17)12(3)19-20(15)4/h6-9,11,18H,5,10H2,1-4H3. The van der Waals surface area contributed by atoms with Gasteiger partial charge < -0.3 is 5.32 Å². The zero-order chi connectivity index (χ0) is 14.7. The zero-order valence-corrected chi connectivity index (χ0v) is 13.3. The molecule has 4 heteroatoms. The Bertz CT molecular complexity index is 572. The molecule has 108 valence electrons. The van der Waals surface area contributed by atoms with Crippen molar-refractivity contribution in [2.24, 2.45) is 7.05 Å². The van der Waals surface area contributed by atoms with Crippen LogP contribution in [0.5, 0.6) is 0 Å². The molecule has 0 aliphatic heterocycles. The lowest BCUT2D eigenvalue weighted by atomic mass is 10.0. The van der Waals surface area contributed by atoms with Gasteiger partial charge in [0.2, 0.25) is 0 Å². The average Bonchev–Trinajstić information content (AvgIpc) is 2.70. The highest BCUT2D eigenvalue weighted by molar-refractivity contribution is 6.31. The third kappa shape index (κ3) is 3.22. The molecule has 0 saturated carbocycles. The van der Waals surface area contributed by atoms with E-state index < -0.39 is 0 Å². The molecule has 0 saturated heterocycles. The predicted molar refractivity (Wildman–Crippen MR) is 84.0 cm³/mol. The summed E-state index contributed by atoms with van der Waals surface area (Å²) in [5.74, 6) is 0. The summed E-state index contributed by atoms with van der Waals surface area (Å²) in [4.78, 5) is 0. The van der Waals surface area contributed by atoms with Crippen LogP contribution in [0, 0.1) is 6.92 Å². The average molecular weight is 292 g/mol. The lowest BCUT2D eigenvalue weighted by molar-refractivity contribution is 0.548. The lowest BCUT2D eigenvalue weighted by Gasteiger charge is -2.15. The van der Waals surface area contributed by atoms with E-state index in [1.165, 1.54) is 11.1 Å². The minimum atomic E-state index is 0.284. The van der Waals surface area contributed by atoms with Gasteiger partial charge in [-0.3, -0.25) is 4.68 Å². The summed E-state index contributed by atoms with van der Waals surface area (Å²) in [6.07, 6.45) is 1.08. The first-order chi connectivity index (χ1) is 9.52. The Morgan fingerprint density at radius 3 is 2.45 bits per heavy atom. The van der Waals surface area contributed by atoms with Gasteiger partial charge in [-0.25, -0.2) is 0 Å². The second-order valence-electron chi connectivity index (χ2n) is 5.17. The van der Waals surface area contributed by atoms with Gasteiger partial charge in [-0.15, -0.1) is 0 Å². The van der Waals surface area contributed by atoms with Crippen LogP contribution in [0.1, 0.15) is 42.4 Å². The fourth-order valence-electron chi connectivity index (χ4n) is 2.28. The van der Waals surface area contributed by atoms with Crippen molar-refractivity contribution in [1.29, 1.82) is 0 Å². The molecule has 0 amide bonds. The van der Waals surface area contributed by atoms with Crippen molar-refractivity contribution in [3.63, 3.8) is 0 Å². The van der Waals surface area contributed by atoms with Crippen LogP contribution in [0.15, 0.2) is 24.3 Å². The van der Waals surface area contributed by atoms with Crippen LogP contribution < -0.4 is 5.32 Å². The van der Waals surface area contributed by atoms with Crippen LogP contribution in [0.3, 0.4) is 0 Å². The van der Waals surface area contributed by atoms with Gasteiger partial charge in [0.1, 0.15) is 0 Å². The molecular weight excluding hydrogens is 270 g/mol. The van der Waals surface area contributed by atoms with Crippen LogP contribution in [-0.4, -0.2) is 9.78 Å². The Morgan fingerprint density at radius 2 is 1.95 bits per heavy atom. The Hall–Kier alpha value is -1.32. The van der Waals surface area contributed by atoms with Crippen molar-refractivity contribution in [2.75, 3.05) is 0 Å². The molecule has 1 aromatic heterocycles. The SMILES string of the molecule is CCc1ccc(C(C)NCc2c(Cl)c(C)nn2C)cc1. The molecule has 1 N–H and O–H groups in total. The summed E-state index contributed by atoms with van der Waals surface area (Å²) < 4.78 is 1.84. The first-order valence-corrected chi connectivity index (χ1v) is 7.41. The monoisotopic (exact) mass is 291 g/mol. The van der Waals surface area contributed by atoms with Gasteiger partial charge in [-0.2, -0.15) is 5.10 Å². The fraction of sp³-hybridized carbons (Fsp3) is 0.438. The number of nitrogens with zero attached hydrogens (tertiary/aromatic N) is 2. The molecule has 3 nitrogen and oxygen atoms in total. The predicted octanol–water partition coefficient (Wildman–Crippen LogP) is 3.80.